The molecule has 116 valence electrons. The number of sulfone groups is 1. The summed E-state index contributed by atoms with van der Waals surface area (Å²) in [5.74, 6) is -0.966. The molecule has 0 N–H and O–H groups in total. The highest BCUT2D eigenvalue weighted by atomic mass is 32.2. The lowest BCUT2D eigenvalue weighted by Gasteiger charge is -2.06. The molecule has 0 unspecified atom stereocenters. The molecule has 0 aromatic heterocycles. The second kappa shape index (κ2) is 6.34. The average molecular weight is 324 g/mol. The quantitative estimate of drug-likeness (QED) is 0.673. The van der Waals surface area contributed by atoms with Crippen LogP contribution in [0.2, 0.25) is 0 Å². The van der Waals surface area contributed by atoms with Gasteiger partial charge in [0.05, 0.1) is 5.75 Å². The Balaban J connectivity index is 1.78. The highest BCUT2D eigenvalue weighted by Gasteiger charge is 2.18. The van der Waals surface area contributed by atoms with E-state index in [-0.39, 0.29) is 11.5 Å². The Morgan fingerprint density at radius 3 is 2.17 bits per heavy atom. The molecule has 0 amide bonds. The lowest BCUT2D eigenvalue weighted by Crippen LogP contribution is -2.17. The van der Waals surface area contributed by atoms with E-state index in [0.717, 1.165) is 10.8 Å². The monoisotopic (exact) mass is 324 g/mol. The summed E-state index contributed by atoms with van der Waals surface area (Å²) < 4.78 is 24.6. The molecule has 0 aliphatic rings. The van der Waals surface area contributed by atoms with Crippen LogP contribution in [-0.2, 0) is 15.6 Å². The van der Waals surface area contributed by atoms with Crippen molar-refractivity contribution in [3.8, 4) is 0 Å². The Morgan fingerprint density at radius 1 is 0.783 bits per heavy atom. The predicted molar refractivity (Wildman–Crippen MR) is 92.2 cm³/mol. The van der Waals surface area contributed by atoms with Gasteiger partial charge in [0.1, 0.15) is 5.75 Å². The van der Waals surface area contributed by atoms with E-state index in [4.69, 9.17) is 0 Å². The first-order chi connectivity index (χ1) is 11.0. The zero-order valence-corrected chi connectivity index (χ0v) is 13.3. The summed E-state index contributed by atoms with van der Waals surface area (Å²) >= 11 is 0. The summed E-state index contributed by atoms with van der Waals surface area (Å²) in [7, 11) is -3.50. The zero-order chi connectivity index (χ0) is 16.3. The third-order valence-electron chi connectivity index (χ3n) is 3.65. The van der Waals surface area contributed by atoms with Gasteiger partial charge in [-0.2, -0.15) is 0 Å². The van der Waals surface area contributed by atoms with Gasteiger partial charge in [-0.05, 0) is 16.3 Å². The molecule has 0 aliphatic carbocycles. The highest BCUT2D eigenvalue weighted by molar-refractivity contribution is 7.91. The van der Waals surface area contributed by atoms with E-state index in [0.29, 0.717) is 11.1 Å². The lowest BCUT2D eigenvalue weighted by atomic mass is 10.1. The van der Waals surface area contributed by atoms with Crippen LogP contribution in [0.3, 0.4) is 0 Å². The Labute approximate surface area is 135 Å². The van der Waals surface area contributed by atoms with Gasteiger partial charge >= 0.3 is 0 Å². The summed E-state index contributed by atoms with van der Waals surface area (Å²) in [6.45, 7) is 0. The first-order valence-corrected chi connectivity index (χ1v) is 9.12. The minimum atomic E-state index is -3.50. The van der Waals surface area contributed by atoms with Crippen LogP contribution < -0.4 is 0 Å². The second-order valence-electron chi connectivity index (χ2n) is 5.50. The van der Waals surface area contributed by atoms with Gasteiger partial charge in [0.15, 0.2) is 15.6 Å². The normalized spacial score (nSPS) is 11.5. The third kappa shape index (κ3) is 3.85. The number of hydrogen-bond donors (Lipinski definition) is 0. The standard InChI is InChI=1S/C19H16O3S/c20-19(17-7-2-1-3-8-17)14-23(21,22)13-15-10-11-16-6-4-5-9-18(16)12-15/h1-12H,13-14H2. The fourth-order valence-electron chi connectivity index (χ4n) is 2.54. The maximum atomic E-state index is 12.3. The number of fused-ring (bicyclic) bond motifs is 1. The van der Waals surface area contributed by atoms with Gasteiger partial charge in [-0.3, -0.25) is 4.79 Å². The van der Waals surface area contributed by atoms with Crippen LogP contribution in [0.25, 0.3) is 10.8 Å². The maximum Gasteiger partial charge on any atom is 0.177 e. The van der Waals surface area contributed by atoms with Crippen LogP contribution in [0.4, 0.5) is 0 Å². The van der Waals surface area contributed by atoms with Gasteiger partial charge in [-0.1, -0.05) is 72.8 Å². The second-order valence-corrected chi connectivity index (χ2v) is 7.57. The molecule has 0 saturated heterocycles. The van der Waals surface area contributed by atoms with Crippen molar-refractivity contribution < 1.29 is 13.2 Å². The van der Waals surface area contributed by atoms with Crippen molar-refractivity contribution in [1.29, 1.82) is 0 Å². The maximum absolute atomic E-state index is 12.3. The number of rotatable bonds is 5. The van der Waals surface area contributed by atoms with Crippen molar-refractivity contribution in [2.24, 2.45) is 0 Å². The third-order valence-corrected chi connectivity index (χ3v) is 5.12. The molecule has 4 heteroatoms. The van der Waals surface area contributed by atoms with Crippen molar-refractivity contribution in [2.45, 2.75) is 5.75 Å². The van der Waals surface area contributed by atoms with Crippen LogP contribution in [-0.4, -0.2) is 20.0 Å². The molecule has 0 spiro atoms. The molecule has 3 aromatic carbocycles. The van der Waals surface area contributed by atoms with Crippen LogP contribution in [0, 0.1) is 0 Å². The Bertz CT molecular complexity index is 945. The molecule has 0 heterocycles. The van der Waals surface area contributed by atoms with E-state index in [1.54, 1.807) is 36.4 Å². The largest absolute Gasteiger partial charge is 0.293 e. The van der Waals surface area contributed by atoms with Crippen molar-refractivity contribution in [3.63, 3.8) is 0 Å². The van der Waals surface area contributed by atoms with Crippen molar-refractivity contribution in [3.05, 3.63) is 83.9 Å². The molecule has 3 rings (SSSR count). The minimum absolute atomic E-state index is 0.129. The van der Waals surface area contributed by atoms with Gasteiger partial charge in [0.25, 0.3) is 0 Å². The lowest BCUT2D eigenvalue weighted by molar-refractivity contribution is 0.102. The molecule has 0 atom stereocenters. The topological polar surface area (TPSA) is 51.2 Å². The number of carbonyl (C=O) groups is 1. The van der Waals surface area contributed by atoms with Crippen molar-refractivity contribution in [1.82, 2.24) is 0 Å². The molecule has 0 aliphatic heterocycles. The SMILES string of the molecule is O=C(CS(=O)(=O)Cc1ccc2ccccc2c1)c1ccccc1. The molecular formula is C19H16O3S. The van der Waals surface area contributed by atoms with Gasteiger partial charge in [0, 0.05) is 5.56 Å². The smallest absolute Gasteiger partial charge is 0.177 e. The molecular weight excluding hydrogens is 308 g/mol. The van der Waals surface area contributed by atoms with E-state index in [1.807, 2.05) is 36.4 Å². The summed E-state index contributed by atoms with van der Waals surface area (Å²) in [6.07, 6.45) is 0. The first kappa shape index (κ1) is 15.4. The zero-order valence-electron chi connectivity index (χ0n) is 12.5. The van der Waals surface area contributed by atoms with Gasteiger partial charge < -0.3 is 0 Å². The summed E-state index contributed by atoms with van der Waals surface area (Å²) in [5, 5.41) is 2.06. The Kier molecular flexibility index (Phi) is 4.26. The van der Waals surface area contributed by atoms with E-state index in [1.165, 1.54) is 0 Å². The number of ketones is 1. The summed E-state index contributed by atoms with van der Waals surface area (Å²) in [4.78, 5) is 12.1. The van der Waals surface area contributed by atoms with Gasteiger partial charge in [0.2, 0.25) is 0 Å². The molecule has 0 radical (unpaired) electrons. The number of hydrogen-bond acceptors (Lipinski definition) is 3. The molecule has 0 bridgehead atoms. The molecule has 3 nitrogen and oxygen atoms in total. The van der Waals surface area contributed by atoms with E-state index in [2.05, 4.69) is 0 Å². The van der Waals surface area contributed by atoms with Crippen LogP contribution in [0.15, 0.2) is 72.8 Å². The molecule has 0 fully saturated rings. The van der Waals surface area contributed by atoms with Gasteiger partial charge in [-0.25, -0.2) is 8.42 Å². The number of Topliss-reactive ketones (excluding diaryl/α,β-unsaturated/α-hetero) is 1. The van der Waals surface area contributed by atoms with E-state index in [9.17, 15) is 13.2 Å². The van der Waals surface area contributed by atoms with Crippen LogP contribution in [0.5, 0.6) is 0 Å². The van der Waals surface area contributed by atoms with Crippen molar-refractivity contribution >= 4 is 26.4 Å². The fraction of sp³-hybridized carbons (Fsp3) is 0.105. The minimum Gasteiger partial charge on any atom is -0.293 e. The van der Waals surface area contributed by atoms with Gasteiger partial charge in [-0.15, -0.1) is 0 Å². The molecule has 0 saturated carbocycles. The Hall–Kier alpha value is -2.46. The predicted octanol–water partition coefficient (Wildman–Crippen LogP) is 3.64. The molecule has 23 heavy (non-hydrogen) atoms. The molecule has 3 aromatic rings. The van der Waals surface area contributed by atoms with E-state index >= 15 is 0 Å². The first-order valence-electron chi connectivity index (χ1n) is 7.30. The average Bonchev–Trinajstić information content (AvgIpc) is 2.54. The highest BCUT2D eigenvalue weighted by Crippen LogP contribution is 2.18. The summed E-state index contributed by atoms with van der Waals surface area (Å²) in [6, 6.07) is 21.9. The van der Waals surface area contributed by atoms with E-state index < -0.39 is 15.6 Å². The van der Waals surface area contributed by atoms with Crippen LogP contribution in [0.1, 0.15) is 15.9 Å². The van der Waals surface area contributed by atoms with Crippen LogP contribution >= 0.6 is 0 Å². The fourth-order valence-corrected chi connectivity index (χ4v) is 3.90. The van der Waals surface area contributed by atoms with Crippen molar-refractivity contribution in [2.75, 3.05) is 5.75 Å². The Morgan fingerprint density at radius 2 is 1.43 bits per heavy atom. The number of carbonyl (C=O) groups excluding carboxylic acids is 1. The number of benzene rings is 3. The summed E-state index contributed by atoms with van der Waals surface area (Å²) in [5.41, 5.74) is 1.12.